The van der Waals surface area contributed by atoms with Crippen LogP contribution in [-0.2, 0) is 5.75 Å². The molecule has 0 saturated heterocycles. The second kappa shape index (κ2) is 6.53. The van der Waals surface area contributed by atoms with Crippen molar-refractivity contribution in [2.75, 3.05) is 0 Å². The Bertz CT molecular complexity index is 840. The van der Waals surface area contributed by atoms with Gasteiger partial charge in [0.1, 0.15) is 5.82 Å². The number of rotatable bonds is 5. The van der Waals surface area contributed by atoms with Crippen molar-refractivity contribution in [1.29, 1.82) is 0 Å². The quantitative estimate of drug-likeness (QED) is 0.406. The summed E-state index contributed by atoms with van der Waals surface area (Å²) in [7, 11) is 0. The molecular weight excluding hydrogens is 321 g/mol. The minimum absolute atomic E-state index is 0.0186. The first-order valence-corrected chi connectivity index (χ1v) is 7.54. The minimum atomic E-state index is -0.620. The van der Waals surface area contributed by atoms with Gasteiger partial charge >= 0.3 is 0 Å². The molecule has 23 heavy (non-hydrogen) atoms. The van der Waals surface area contributed by atoms with Crippen LogP contribution in [0.3, 0.4) is 0 Å². The molecule has 0 bridgehead atoms. The Hall–Kier alpha value is -2.81. The van der Waals surface area contributed by atoms with E-state index < -0.39 is 10.7 Å². The summed E-state index contributed by atoms with van der Waals surface area (Å²) in [5, 5.41) is 22.8. The summed E-state index contributed by atoms with van der Waals surface area (Å²) in [6.07, 6.45) is 0. The Morgan fingerprint density at radius 3 is 2.70 bits per heavy atom. The molecule has 116 valence electrons. The van der Waals surface area contributed by atoms with Gasteiger partial charge in [-0.15, -0.1) is 5.10 Å². The average Bonchev–Trinajstić information content (AvgIpc) is 3.02. The van der Waals surface area contributed by atoms with Crippen molar-refractivity contribution in [1.82, 2.24) is 20.2 Å². The van der Waals surface area contributed by atoms with E-state index in [-0.39, 0.29) is 17.0 Å². The van der Waals surface area contributed by atoms with Crippen molar-refractivity contribution < 1.29 is 9.31 Å². The number of thioether (sulfide) groups is 1. The highest BCUT2D eigenvalue weighted by atomic mass is 32.2. The monoisotopic (exact) mass is 331 g/mol. The van der Waals surface area contributed by atoms with Crippen LogP contribution in [0, 0.1) is 15.9 Å². The maximum atomic E-state index is 13.9. The second-order valence-corrected chi connectivity index (χ2v) is 5.43. The van der Waals surface area contributed by atoms with Gasteiger partial charge in [-0.3, -0.25) is 10.1 Å². The zero-order valence-electron chi connectivity index (χ0n) is 11.7. The number of hydrogen-bond donors (Lipinski definition) is 0. The Kier molecular flexibility index (Phi) is 4.29. The Labute approximate surface area is 134 Å². The molecule has 0 atom stereocenters. The molecule has 0 aliphatic heterocycles. The summed E-state index contributed by atoms with van der Waals surface area (Å²) < 4.78 is 15.4. The van der Waals surface area contributed by atoms with Gasteiger partial charge in [0.05, 0.1) is 16.2 Å². The number of nitrogens with zero attached hydrogens (tertiary/aromatic N) is 5. The number of benzene rings is 2. The lowest BCUT2D eigenvalue weighted by molar-refractivity contribution is -0.385. The SMILES string of the molecule is O=[N+]([O-])c1cccc(F)c1CSc1nnnn1-c1ccccc1. The highest BCUT2D eigenvalue weighted by molar-refractivity contribution is 7.98. The summed E-state index contributed by atoms with van der Waals surface area (Å²) in [6.45, 7) is 0. The van der Waals surface area contributed by atoms with Crippen LogP contribution in [0.5, 0.6) is 0 Å². The first-order valence-electron chi connectivity index (χ1n) is 6.55. The highest BCUT2D eigenvalue weighted by Gasteiger charge is 2.19. The molecule has 0 N–H and O–H groups in total. The molecule has 9 heteroatoms. The van der Waals surface area contributed by atoms with Crippen molar-refractivity contribution >= 4 is 17.4 Å². The van der Waals surface area contributed by atoms with E-state index in [0.717, 1.165) is 17.4 Å². The molecule has 0 radical (unpaired) electrons. The molecule has 0 fully saturated rings. The molecule has 1 aromatic heterocycles. The first-order chi connectivity index (χ1) is 11.2. The maximum absolute atomic E-state index is 13.9. The highest BCUT2D eigenvalue weighted by Crippen LogP contribution is 2.29. The van der Waals surface area contributed by atoms with Crippen molar-refractivity contribution in [3.8, 4) is 5.69 Å². The van der Waals surface area contributed by atoms with Crippen LogP contribution in [0.25, 0.3) is 5.69 Å². The fourth-order valence-electron chi connectivity index (χ4n) is 2.00. The molecule has 0 aliphatic carbocycles. The number of nitro groups is 1. The van der Waals surface area contributed by atoms with Gasteiger partial charge in [-0.1, -0.05) is 36.0 Å². The van der Waals surface area contributed by atoms with Crippen LogP contribution in [0.4, 0.5) is 10.1 Å². The molecule has 0 unspecified atom stereocenters. The van der Waals surface area contributed by atoms with Gasteiger partial charge < -0.3 is 0 Å². The molecule has 0 amide bonds. The standard InChI is InChI=1S/C14H10FN5O2S/c15-12-7-4-8-13(20(21)22)11(12)9-23-14-16-17-18-19(14)10-5-2-1-3-6-10/h1-8H,9H2. The molecule has 0 spiro atoms. The van der Waals surface area contributed by atoms with Crippen molar-refractivity contribution in [3.05, 3.63) is 70.0 Å². The van der Waals surface area contributed by atoms with Crippen LogP contribution < -0.4 is 0 Å². The van der Waals surface area contributed by atoms with Crippen LogP contribution in [0.15, 0.2) is 53.7 Å². The molecule has 2 aromatic carbocycles. The predicted molar refractivity (Wildman–Crippen MR) is 81.8 cm³/mol. The van der Waals surface area contributed by atoms with Gasteiger partial charge in [0.15, 0.2) is 0 Å². The normalized spacial score (nSPS) is 10.7. The Morgan fingerprint density at radius 1 is 1.17 bits per heavy atom. The molecule has 1 heterocycles. The summed E-state index contributed by atoms with van der Waals surface area (Å²) in [6, 6.07) is 13.0. The van der Waals surface area contributed by atoms with Crippen LogP contribution in [0.2, 0.25) is 0 Å². The average molecular weight is 331 g/mol. The van der Waals surface area contributed by atoms with Crippen molar-refractivity contribution in [2.45, 2.75) is 10.9 Å². The lowest BCUT2D eigenvalue weighted by atomic mass is 10.2. The zero-order valence-corrected chi connectivity index (χ0v) is 12.5. The lowest BCUT2D eigenvalue weighted by Crippen LogP contribution is -2.00. The topological polar surface area (TPSA) is 86.7 Å². The lowest BCUT2D eigenvalue weighted by Gasteiger charge is -2.05. The zero-order chi connectivity index (χ0) is 16.2. The molecular formula is C14H10FN5O2S. The van der Waals surface area contributed by atoms with Gasteiger partial charge in [0.25, 0.3) is 5.69 Å². The van der Waals surface area contributed by atoms with E-state index in [2.05, 4.69) is 15.5 Å². The first kappa shape index (κ1) is 15.1. The third-order valence-corrected chi connectivity index (χ3v) is 4.02. The predicted octanol–water partition coefficient (Wildman–Crippen LogP) is 3.00. The minimum Gasteiger partial charge on any atom is -0.258 e. The van der Waals surface area contributed by atoms with E-state index in [1.54, 1.807) is 0 Å². The van der Waals surface area contributed by atoms with Gasteiger partial charge in [0, 0.05) is 11.8 Å². The smallest absolute Gasteiger partial charge is 0.258 e. The Morgan fingerprint density at radius 2 is 1.96 bits per heavy atom. The molecule has 0 aliphatic rings. The largest absolute Gasteiger partial charge is 0.276 e. The number of aromatic nitrogens is 4. The van der Waals surface area contributed by atoms with E-state index in [4.69, 9.17) is 0 Å². The third-order valence-electron chi connectivity index (χ3n) is 3.08. The van der Waals surface area contributed by atoms with Crippen molar-refractivity contribution in [2.24, 2.45) is 0 Å². The van der Waals surface area contributed by atoms with Crippen LogP contribution in [0.1, 0.15) is 5.56 Å². The summed E-state index contributed by atoms with van der Waals surface area (Å²) in [5.74, 6) is -0.568. The third kappa shape index (κ3) is 3.19. The van der Waals surface area contributed by atoms with Crippen LogP contribution >= 0.6 is 11.8 Å². The summed E-state index contributed by atoms with van der Waals surface area (Å²) in [5.41, 5.74) is 0.518. The van der Waals surface area contributed by atoms with Gasteiger partial charge in [-0.2, -0.15) is 4.68 Å². The van der Waals surface area contributed by atoms with Gasteiger partial charge in [-0.05, 0) is 28.6 Å². The Balaban J connectivity index is 1.86. The van der Waals surface area contributed by atoms with E-state index in [1.807, 2.05) is 30.3 Å². The summed E-state index contributed by atoms with van der Waals surface area (Å²) in [4.78, 5) is 10.4. The second-order valence-electron chi connectivity index (χ2n) is 4.49. The van der Waals surface area contributed by atoms with E-state index in [1.165, 1.54) is 22.9 Å². The molecule has 7 nitrogen and oxygen atoms in total. The maximum Gasteiger partial charge on any atom is 0.276 e. The van der Waals surface area contributed by atoms with E-state index >= 15 is 0 Å². The fourth-order valence-corrected chi connectivity index (χ4v) is 2.92. The molecule has 3 aromatic rings. The van der Waals surface area contributed by atoms with Crippen molar-refractivity contribution in [3.63, 3.8) is 0 Å². The molecule has 3 rings (SSSR count). The molecule has 0 saturated carbocycles. The fraction of sp³-hybridized carbons (Fsp3) is 0.0714. The number of nitro benzene ring substituents is 1. The van der Waals surface area contributed by atoms with E-state index in [9.17, 15) is 14.5 Å². The number of hydrogen-bond acceptors (Lipinski definition) is 6. The van der Waals surface area contributed by atoms with Gasteiger partial charge in [-0.25, -0.2) is 4.39 Å². The summed E-state index contributed by atoms with van der Waals surface area (Å²) >= 11 is 1.13. The van der Waals surface area contributed by atoms with E-state index in [0.29, 0.717) is 5.16 Å². The number of tetrazole rings is 1. The van der Waals surface area contributed by atoms with Gasteiger partial charge in [0.2, 0.25) is 5.16 Å². The van der Waals surface area contributed by atoms with Crippen LogP contribution in [-0.4, -0.2) is 25.1 Å². The number of para-hydroxylation sites is 1. The number of halogens is 1.